The highest BCUT2D eigenvalue weighted by Gasteiger charge is 2.38. The van der Waals surface area contributed by atoms with E-state index in [-0.39, 0.29) is 42.0 Å². The predicted octanol–water partition coefficient (Wildman–Crippen LogP) is 7.60. The Hall–Kier alpha value is -5.92. The second-order valence-electron chi connectivity index (χ2n) is 17.1. The molecule has 2 aromatic heterocycles. The molecule has 0 spiro atoms. The summed E-state index contributed by atoms with van der Waals surface area (Å²) < 4.78 is 10.4. The first-order valence-corrected chi connectivity index (χ1v) is 20.4. The molecule has 2 aliphatic heterocycles. The van der Waals surface area contributed by atoms with E-state index in [1.54, 1.807) is 40.2 Å². The van der Waals surface area contributed by atoms with Gasteiger partial charge in [-0.2, -0.15) is 0 Å². The number of pyridine rings is 1. The van der Waals surface area contributed by atoms with Crippen molar-refractivity contribution in [1.82, 2.24) is 30.1 Å². The van der Waals surface area contributed by atoms with E-state index >= 15 is 0 Å². The Morgan fingerprint density at radius 2 is 1.63 bits per heavy atom. The smallest absolute Gasteiger partial charge is 0.410 e. The van der Waals surface area contributed by atoms with Gasteiger partial charge in [-0.05, 0) is 113 Å². The Morgan fingerprint density at radius 3 is 2.25 bits per heavy atom. The van der Waals surface area contributed by atoms with Crippen LogP contribution in [0.25, 0.3) is 22.4 Å². The molecule has 14 nitrogen and oxygen atoms in total. The summed E-state index contributed by atoms with van der Waals surface area (Å²) in [6.07, 6.45) is 4.09. The Kier molecular flexibility index (Phi) is 12.7. The van der Waals surface area contributed by atoms with Gasteiger partial charge >= 0.3 is 12.2 Å². The van der Waals surface area contributed by atoms with Crippen molar-refractivity contribution in [2.45, 2.75) is 98.0 Å². The third-order valence-electron chi connectivity index (χ3n) is 11.1. The number of aryl methyl sites for hydroxylation is 1. The summed E-state index contributed by atoms with van der Waals surface area (Å²) in [5, 5.41) is 2.70. The maximum atomic E-state index is 13.6. The van der Waals surface area contributed by atoms with Crippen LogP contribution in [0.2, 0.25) is 0 Å². The maximum Gasteiger partial charge on any atom is 0.410 e. The van der Waals surface area contributed by atoms with Crippen molar-refractivity contribution >= 4 is 35.5 Å². The molecule has 2 N–H and O–H groups in total. The molecule has 4 aromatic rings. The predicted molar refractivity (Wildman–Crippen MR) is 228 cm³/mol. The van der Waals surface area contributed by atoms with Gasteiger partial charge in [-0.1, -0.05) is 38.1 Å². The summed E-state index contributed by atoms with van der Waals surface area (Å²) in [5.41, 5.74) is 5.65. The number of anilines is 2. The minimum atomic E-state index is -0.695. The number of hydrogen-bond donors (Lipinski definition) is 2. The highest BCUT2D eigenvalue weighted by Crippen LogP contribution is 2.34. The number of methoxy groups -OCH3 is 1. The van der Waals surface area contributed by atoms with E-state index in [0.717, 1.165) is 52.3 Å². The molecule has 2 unspecified atom stereocenters. The average molecular weight is 807 g/mol. The van der Waals surface area contributed by atoms with Crippen LogP contribution in [-0.2, 0) is 14.3 Å². The van der Waals surface area contributed by atoms with E-state index in [0.29, 0.717) is 31.0 Å². The molecule has 0 saturated carbocycles. The maximum absolute atomic E-state index is 13.6. The molecule has 314 valence electrons. The van der Waals surface area contributed by atoms with E-state index in [2.05, 4.69) is 52.2 Å². The molecule has 59 heavy (non-hydrogen) atoms. The van der Waals surface area contributed by atoms with Gasteiger partial charge in [0.25, 0.3) is 5.91 Å². The number of hydrogen-bond acceptors (Lipinski definition) is 9. The number of piperazine rings is 1. The van der Waals surface area contributed by atoms with Crippen LogP contribution >= 0.6 is 0 Å². The van der Waals surface area contributed by atoms with Crippen LogP contribution in [0.3, 0.4) is 0 Å². The summed E-state index contributed by atoms with van der Waals surface area (Å²) in [7, 11) is 3.04. The molecule has 0 radical (unpaired) electrons. The number of benzene rings is 2. The van der Waals surface area contributed by atoms with Crippen LogP contribution in [0.15, 0.2) is 67.0 Å². The number of likely N-dealkylation sites (tertiary alicyclic amines) is 1. The molecule has 2 fully saturated rings. The van der Waals surface area contributed by atoms with Gasteiger partial charge in [0.1, 0.15) is 23.3 Å². The number of H-pyrrole nitrogens is 1. The molecule has 2 aromatic carbocycles. The second-order valence-corrected chi connectivity index (χ2v) is 17.1. The molecule has 0 bridgehead atoms. The topological polar surface area (TPSA) is 153 Å². The van der Waals surface area contributed by atoms with Crippen molar-refractivity contribution in [2.24, 2.45) is 5.92 Å². The number of carbonyl (C=O) groups excluding carboxylic acids is 4. The zero-order chi connectivity index (χ0) is 42.8. The second kappa shape index (κ2) is 17.5. The molecule has 4 atom stereocenters. The van der Waals surface area contributed by atoms with Gasteiger partial charge in [-0.3, -0.25) is 9.59 Å². The van der Waals surface area contributed by atoms with Crippen molar-refractivity contribution in [3.8, 4) is 22.4 Å². The number of alkyl carbamates (subject to hydrolysis) is 1. The minimum absolute atomic E-state index is 0.0154. The van der Waals surface area contributed by atoms with Crippen molar-refractivity contribution < 1.29 is 28.7 Å². The van der Waals surface area contributed by atoms with Gasteiger partial charge in [0.15, 0.2) is 0 Å². The number of nitrogens with zero attached hydrogens (tertiary/aromatic N) is 6. The Labute approximate surface area is 347 Å². The van der Waals surface area contributed by atoms with Gasteiger partial charge in [-0.25, -0.2) is 19.6 Å². The summed E-state index contributed by atoms with van der Waals surface area (Å²) in [5.74, 6) is 1.04. The number of ether oxygens (including phenoxy) is 2. The van der Waals surface area contributed by atoms with Crippen LogP contribution in [0.4, 0.5) is 21.1 Å². The third kappa shape index (κ3) is 9.53. The molecule has 0 aliphatic carbocycles. The molecular formula is C45H58N8O6. The Balaban J connectivity index is 1.08. The van der Waals surface area contributed by atoms with Crippen LogP contribution < -0.4 is 15.1 Å². The summed E-state index contributed by atoms with van der Waals surface area (Å²) >= 11 is 0. The number of rotatable bonds is 9. The summed E-state index contributed by atoms with van der Waals surface area (Å²) in [4.78, 5) is 72.1. The highest BCUT2D eigenvalue weighted by molar-refractivity contribution is 6.05. The quantitative estimate of drug-likeness (QED) is 0.174. The summed E-state index contributed by atoms with van der Waals surface area (Å²) in [6, 6.07) is 16.9. The van der Waals surface area contributed by atoms with Gasteiger partial charge < -0.3 is 39.4 Å². The van der Waals surface area contributed by atoms with Gasteiger partial charge in [0, 0.05) is 50.6 Å². The summed E-state index contributed by atoms with van der Waals surface area (Å²) in [6.45, 7) is 17.2. The fourth-order valence-electron chi connectivity index (χ4n) is 7.88. The van der Waals surface area contributed by atoms with Gasteiger partial charge in [0.05, 0.1) is 30.6 Å². The number of aromatic nitrogens is 3. The zero-order valence-electron chi connectivity index (χ0n) is 35.9. The van der Waals surface area contributed by atoms with Crippen molar-refractivity contribution in [1.29, 1.82) is 0 Å². The number of carbonyl (C=O) groups is 4. The van der Waals surface area contributed by atoms with E-state index in [4.69, 9.17) is 14.5 Å². The Bertz CT molecular complexity index is 2140. The van der Waals surface area contributed by atoms with E-state index < -0.39 is 17.7 Å². The van der Waals surface area contributed by atoms with Crippen LogP contribution in [-0.4, -0.2) is 106 Å². The normalized spacial score (nSPS) is 18.8. The first kappa shape index (κ1) is 42.7. The molecule has 14 heteroatoms. The number of imidazole rings is 1. The minimum Gasteiger partial charge on any atom is -0.453 e. The fourth-order valence-corrected chi connectivity index (χ4v) is 7.88. The number of aromatic amines is 1. The molecule has 4 amide bonds. The van der Waals surface area contributed by atoms with Gasteiger partial charge in [-0.15, -0.1) is 0 Å². The van der Waals surface area contributed by atoms with Crippen molar-refractivity contribution in [2.75, 3.05) is 43.6 Å². The van der Waals surface area contributed by atoms with E-state index in [1.807, 2.05) is 71.9 Å². The molecule has 2 aliphatic rings. The lowest BCUT2D eigenvalue weighted by atomic mass is 9.97. The monoisotopic (exact) mass is 806 g/mol. The third-order valence-corrected chi connectivity index (χ3v) is 11.1. The SMILES string of the molecule is COC(=O)NC(C(=O)N1CCCC1c1ncc(-c2ccc(-c3ccc(N(C)C(=O)c4ccc(N5C[C@H](C)N(C(=O)OC(C)(C)C)C[C@H]5C)nc4)cc3)c(C)c2)[nH]1)C(C)C. The number of nitrogens with one attached hydrogen (secondary N) is 2. The van der Waals surface area contributed by atoms with Crippen molar-refractivity contribution in [3.63, 3.8) is 0 Å². The molecular weight excluding hydrogens is 749 g/mol. The van der Waals surface area contributed by atoms with Crippen LogP contribution in [0.1, 0.15) is 89.1 Å². The number of amides is 4. The first-order chi connectivity index (χ1) is 27.9. The molecule has 2 saturated heterocycles. The largest absolute Gasteiger partial charge is 0.453 e. The zero-order valence-corrected chi connectivity index (χ0v) is 35.9. The van der Waals surface area contributed by atoms with E-state index in [1.165, 1.54) is 7.11 Å². The lowest BCUT2D eigenvalue weighted by molar-refractivity contribution is -0.135. The lowest BCUT2D eigenvalue weighted by Gasteiger charge is -2.44. The first-order valence-electron chi connectivity index (χ1n) is 20.4. The average Bonchev–Trinajstić information content (AvgIpc) is 3.90. The van der Waals surface area contributed by atoms with Gasteiger partial charge in [0.2, 0.25) is 5.91 Å². The Morgan fingerprint density at radius 1 is 0.915 bits per heavy atom. The molecule has 4 heterocycles. The van der Waals surface area contributed by atoms with Crippen molar-refractivity contribution in [3.05, 3.63) is 83.9 Å². The fraction of sp³-hybridized carbons (Fsp3) is 0.467. The molecule has 6 rings (SSSR count). The van der Waals surface area contributed by atoms with Crippen LogP contribution in [0, 0.1) is 12.8 Å². The van der Waals surface area contributed by atoms with Crippen LogP contribution in [0.5, 0.6) is 0 Å². The van der Waals surface area contributed by atoms with E-state index in [9.17, 15) is 19.2 Å². The standard InChI is InChI=1S/C45H58N8O6/c1-27(2)39(49-43(56)58-10)42(55)51-21-11-12-37(51)40-47-24-36(48-40)32-15-19-35(28(3)22-32)31-13-17-34(18-14-31)50(9)41(54)33-16-20-38(46-23-33)52-25-30(5)53(26-29(52)4)44(57)59-45(6,7)8/h13-20,22-24,27,29-30,37,39H,11-12,21,25-26H2,1-10H3,(H,47,48)(H,49,56)/t29-,30+,37?,39?/m1/s1. The lowest BCUT2D eigenvalue weighted by Crippen LogP contribution is -2.59. The highest BCUT2D eigenvalue weighted by atomic mass is 16.6.